The zero-order valence-electron chi connectivity index (χ0n) is 22.3. The van der Waals surface area contributed by atoms with Crippen molar-refractivity contribution in [3.05, 3.63) is 40.2 Å². The molecule has 0 aromatic heterocycles. The SMILES string of the molecule is CCOC(=O)C(Nc1ccc2c(c1O)C(O)=C1C(=O)[C@]3(O)C(O)=C(C(N)=O)C(=O)C[C@@H]3[C@@H](O)[C@@H]1[C@H]2C)C(=O)OCC. The maximum atomic E-state index is 13.8. The molecule has 1 aromatic rings. The maximum Gasteiger partial charge on any atom is 0.340 e. The van der Waals surface area contributed by atoms with E-state index in [1.54, 1.807) is 6.92 Å². The predicted molar refractivity (Wildman–Crippen MR) is 138 cm³/mol. The van der Waals surface area contributed by atoms with Crippen LogP contribution in [0.4, 0.5) is 5.69 Å². The molecule has 0 bridgehead atoms. The Morgan fingerprint density at radius 1 is 1.10 bits per heavy atom. The van der Waals surface area contributed by atoms with Gasteiger partial charge >= 0.3 is 11.9 Å². The van der Waals surface area contributed by atoms with Gasteiger partial charge in [-0.1, -0.05) is 13.0 Å². The van der Waals surface area contributed by atoms with Gasteiger partial charge in [-0.2, -0.15) is 0 Å². The zero-order valence-corrected chi connectivity index (χ0v) is 22.3. The number of carbonyl (C=O) groups is 5. The summed E-state index contributed by atoms with van der Waals surface area (Å²) in [5, 5.41) is 58.4. The van der Waals surface area contributed by atoms with Crippen molar-refractivity contribution in [2.45, 2.75) is 50.9 Å². The van der Waals surface area contributed by atoms with Gasteiger partial charge in [-0.15, -0.1) is 0 Å². The van der Waals surface area contributed by atoms with Crippen LogP contribution in [-0.4, -0.2) is 85.9 Å². The van der Waals surface area contributed by atoms with Crippen molar-refractivity contribution in [3.63, 3.8) is 0 Å². The van der Waals surface area contributed by atoms with E-state index in [2.05, 4.69) is 5.32 Å². The molecule has 1 aromatic carbocycles. The molecule has 0 unspecified atom stereocenters. The van der Waals surface area contributed by atoms with Gasteiger partial charge in [-0.3, -0.25) is 14.4 Å². The molecule has 0 saturated heterocycles. The van der Waals surface area contributed by atoms with Crippen LogP contribution in [0.5, 0.6) is 5.75 Å². The smallest absolute Gasteiger partial charge is 0.340 e. The highest BCUT2D eigenvalue weighted by atomic mass is 16.6. The molecule has 0 spiro atoms. The van der Waals surface area contributed by atoms with Crippen molar-refractivity contribution in [1.29, 1.82) is 0 Å². The van der Waals surface area contributed by atoms with Gasteiger partial charge in [0.2, 0.25) is 11.8 Å². The Balaban J connectivity index is 1.87. The second kappa shape index (κ2) is 10.5. The number of nitrogens with one attached hydrogen (secondary N) is 1. The number of carbonyl (C=O) groups excluding carboxylic acids is 5. The number of aliphatic hydroxyl groups excluding tert-OH is 3. The van der Waals surface area contributed by atoms with Crippen molar-refractivity contribution in [3.8, 4) is 5.75 Å². The number of benzene rings is 1. The number of hydrogen-bond donors (Lipinski definition) is 7. The third kappa shape index (κ3) is 4.30. The minimum atomic E-state index is -2.97. The van der Waals surface area contributed by atoms with Crippen LogP contribution in [0.1, 0.15) is 44.2 Å². The van der Waals surface area contributed by atoms with Crippen molar-refractivity contribution < 1.29 is 59.0 Å². The van der Waals surface area contributed by atoms with E-state index in [4.69, 9.17) is 15.2 Å². The highest BCUT2D eigenvalue weighted by molar-refractivity contribution is 6.23. The zero-order chi connectivity index (χ0) is 30.5. The van der Waals surface area contributed by atoms with E-state index in [0.29, 0.717) is 0 Å². The Labute approximate surface area is 233 Å². The number of Topliss-reactive ketones (excluding diaryl/α,β-unsaturated/α-hetero) is 2. The minimum Gasteiger partial charge on any atom is -0.508 e. The van der Waals surface area contributed by atoms with E-state index in [9.17, 15) is 49.5 Å². The van der Waals surface area contributed by atoms with Gasteiger partial charge in [0.1, 0.15) is 22.8 Å². The number of ketones is 2. The topological polar surface area (TPSA) is 243 Å². The number of nitrogens with two attached hydrogens (primary N) is 1. The van der Waals surface area contributed by atoms with Crippen LogP contribution in [0, 0.1) is 11.8 Å². The van der Waals surface area contributed by atoms with Crippen molar-refractivity contribution >= 4 is 40.9 Å². The van der Waals surface area contributed by atoms with E-state index in [1.165, 1.54) is 26.0 Å². The van der Waals surface area contributed by atoms with E-state index < -0.39 is 99.7 Å². The molecule has 220 valence electrons. The summed E-state index contributed by atoms with van der Waals surface area (Å²) in [4.78, 5) is 63.0. The van der Waals surface area contributed by atoms with Gasteiger partial charge in [-0.25, -0.2) is 9.59 Å². The normalized spacial score (nSPS) is 27.2. The maximum absolute atomic E-state index is 13.8. The fraction of sp³-hybridized carbons (Fsp3) is 0.444. The summed E-state index contributed by atoms with van der Waals surface area (Å²) < 4.78 is 9.82. The monoisotopic (exact) mass is 574 g/mol. The van der Waals surface area contributed by atoms with Crippen LogP contribution >= 0.6 is 0 Å². The number of fused-ring (bicyclic) bond motifs is 3. The number of phenolic OH excluding ortho intramolecular Hbond substituents is 1. The van der Waals surface area contributed by atoms with Gasteiger partial charge in [0, 0.05) is 23.8 Å². The Kier molecular flexibility index (Phi) is 7.58. The number of anilines is 1. The van der Waals surface area contributed by atoms with E-state index in [0.717, 1.165) is 0 Å². The lowest BCUT2D eigenvalue weighted by atomic mass is 9.55. The number of rotatable bonds is 7. The van der Waals surface area contributed by atoms with Gasteiger partial charge in [0.15, 0.2) is 11.4 Å². The second-order valence-electron chi connectivity index (χ2n) is 9.99. The summed E-state index contributed by atoms with van der Waals surface area (Å²) in [6.45, 7) is 4.50. The third-order valence-electron chi connectivity index (χ3n) is 7.85. The highest BCUT2D eigenvalue weighted by Crippen LogP contribution is 2.56. The Hall–Kier alpha value is -4.43. The van der Waals surface area contributed by atoms with Crippen LogP contribution in [0.2, 0.25) is 0 Å². The Morgan fingerprint density at radius 3 is 2.22 bits per heavy atom. The first-order valence-corrected chi connectivity index (χ1v) is 12.8. The van der Waals surface area contributed by atoms with E-state index in [-0.39, 0.29) is 30.0 Å². The number of aromatic hydroxyl groups is 1. The molecule has 3 aliphatic rings. The lowest BCUT2D eigenvalue weighted by Crippen LogP contribution is -2.63. The summed E-state index contributed by atoms with van der Waals surface area (Å²) >= 11 is 0. The van der Waals surface area contributed by atoms with Crippen LogP contribution in [0.15, 0.2) is 29.0 Å². The van der Waals surface area contributed by atoms with Gasteiger partial charge in [0.05, 0.1) is 30.6 Å². The predicted octanol–water partition coefficient (Wildman–Crippen LogP) is -0.138. The van der Waals surface area contributed by atoms with Crippen LogP contribution < -0.4 is 11.1 Å². The minimum absolute atomic E-state index is 0.0585. The number of ether oxygens (including phenoxy) is 2. The Morgan fingerprint density at radius 2 is 1.68 bits per heavy atom. The molecule has 1 fully saturated rings. The van der Waals surface area contributed by atoms with Crippen LogP contribution in [-0.2, 0) is 33.4 Å². The van der Waals surface area contributed by atoms with Gasteiger partial charge < -0.3 is 46.1 Å². The van der Waals surface area contributed by atoms with E-state index in [1.807, 2.05) is 0 Å². The number of primary amides is 1. The summed E-state index contributed by atoms with van der Waals surface area (Å²) in [5.41, 5.74) is 0.355. The molecule has 14 nitrogen and oxygen atoms in total. The van der Waals surface area contributed by atoms with Crippen LogP contribution in [0.3, 0.4) is 0 Å². The quantitative estimate of drug-likeness (QED) is 0.0972. The summed E-state index contributed by atoms with van der Waals surface area (Å²) in [6.07, 6.45) is -2.36. The number of esters is 2. The molecular formula is C27H30N2O12. The molecule has 1 amide bonds. The first-order valence-electron chi connectivity index (χ1n) is 12.8. The number of amides is 1. The molecule has 0 heterocycles. The lowest BCUT2D eigenvalue weighted by molar-refractivity contribution is -0.161. The van der Waals surface area contributed by atoms with Gasteiger partial charge in [-0.05, 0) is 31.4 Å². The standard InChI is InChI=1S/C27H30N2O12/c1-4-40-25(37)18(26(38)41-5-2)29-12-7-6-10-9(3)14-17(21(33)15(10)20(12)32)23(35)27(39)11(19(14)31)8-13(30)16(22(27)34)24(28)36/h6-7,9,11,14,18-19,29,31-34,39H,4-5,8H2,1-3H3,(H2,28,36)/t9-,11+,14+,19+,27+/m0/s1. The van der Waals surface area contributed by atoms with Crippen molar-refractivity contribution in [2.75, 3.05) is 18.5 Å². The van der Waals surface area contributed by atoms with Gasteiger partial charge in [0.25, 0.3) is 5.91 Å². The van der Waals surface area contributed by atoms with E-state index >= 15 is 0 Å². The molecule has 0 radical (unpaired) electrons. The first-order chi connectivity index (χ1) is 19.2. The van der Waals surface area contributed by atoms with Crippen molar-refractivity contribution in [2.24, 2.45) is 17.6 Å². The average Bonchev–Trinajstić information content (AvgIpc) is 2.90. The Bertz CT molecular complexity index is 1410. The number of hydrogen-bond acceptors (Lipinski definition) is 13. The molecule has 1 saturated carbocycles. The highest BCUT2D eigenvalue weighted by Gasteiger charge is 2.64. The molecule has 3 aliphatic carbocycles. The summed E-state index contributed by atoms with van der Waals surface area (Å²) in [5.74, 6) is -12.1. The molecule has 8 N–H and O–H groups in total. The first kappa shape index (κ1) is 29.6. The molecule has 14 heteroatoms. The number of phenols is 1. The second-order valence-corrected chi connectivity index (χ2v) is 9.99. The summed E-state index contributed by atoms with van der Waals surface area (Å²) in [6, 6.07) is 1.03. The molecule has 5 atom stereocenters. The molecule has 4 rings (SSSR count). The van der Waals surface area contributed by atoms with Crippen LogP contribution in [0.25, 0.3) is 5.76 Å². The summed E-state index contributed by atoms with van der Waals surface area (Å²) in [7, 11) is 0. The average molecular weight is 575 g/mol. The fourth-order valence-corrected chi connectivity index (χ4v) is 5.93. The molecular weight excluding hydrogens is 544 g/mol. The largest absolute Gasteiger partial charge is 0.508 e. The fourth-order valence-electron chi connectivity index (χ4n) is 5.93. The molecule has 41 heavy (non-hydrogen) atoms. The lowest BCUT2D eigenvalue weighted by Gasteiger charge is -2.50. The van der Waals surface area contributed by atoms with Crippen molar-refractivity contribution in [1.82, 2.24) is 0 Å². The molecule has 0 aliphatic heterocycles. The third-order valence-corrected chi connectivity index (χ3v) is 7.85. The number of aliphatic hydroxyl groups is 4.